The van der Waals surface area contributed by atoms with E-state index in [2.05, 4.69) is 24.6 Å². The Morgan fingerprint density at radius 1 is 1.09 bits per heavy atom. The van der Waals surface area contributed by atoms with Gasteiger partial charge in [0.2, 0.25) is 11.8 Å². The van der Waals surface area contributed by atoms with E-state index in [9.17, 15) is 9.59 Å². The van der Waals surface area contributed by atoms with Gasteiger partial charge in [0, 0.05) is 0 Å². The van der Waals surface area contributed by atoms with Gasteiger partial charge in [0.1, 0.15) is 0 Å². The van der Waals surface area contributed by atoms with Gasteiger partial charge < -0.3 is 12.9 Å². The van der Waals surface area contributed by atoms with Crippen molar-refractivity contribution in [2.45, 2.75) is 0 Å². The van der Waals surface area contributed by atoms with Gasteiger partial charge in [-0.15, -0.1) is 0 Å². The maximum Gasteiger partial charge on any atom is 1.00 e. The van der Waals surface area contributed by atoms with Crippen LogP contribution in [0.3, 0.4) is 0 Å². The van der Waals surface area contributed by atoms with Gasteiger partial charge in [0.25, 0.3) is 0 Å². The van der Waals surface area contributed by atoms with E-state index < -0.39 is 11.8 Å². The van der Waals surface area contributed by atoms with Crippen LogP contribution in [-0.2, 0) is 9.59 Å². The monoisotopic (exact) mass is 166 g/mol. The summed E-state index contributed by atoms with van der Waals surface area (Å²) in [5, 5.41) is 0. The zero-order valence-electron chi connectivity index (χ0n) is 7.54. The molecule has 0 radical (unpaired) electrons. The van der Waals surface area contributed by atoms with Gasteiger partial charge in [-0.05, 0) is 12.2 Å². The number of rotatable bonds is 2. The summed E-state index contributed by atoms with van der Waals surface area (Å²) in [4.78, 5) is 18.9. The molecule has 0 atom stereocenters. The molecule has 4 N–H and O–H groups in total. The van der Waals surface area contributed by atoms with Crippen LogP contribution in [-0.4, -0.2) is 11.8 Å². The van der Waals surface area contributed by atoms with E-state index in [4.69, 9.17) is 0 Å². The first-order chi connectivity index (χ1) is 4.54. The molecule has 0 rings (SSSR count). The van der Waals surface area contributed by atoms with Crippen molar-refractivity contribution in [1.29, 1.82) is 0 Å². The van der Waals surface area contributed by atoms with Crippen molar-refractivity contribution in [3.63, 3.8) is 0 Å². The molecule has 0 bridgehead atoms. The Balaban J connectivity index is -0.0000000457. The summed E-state index contributed by atoms with van der Waals surface area (Å²) in [6, 6.07) is 0. The third-order valence-corrected chi connectivity index (χ3v) is 0.402. The quantitative estimate of drug-likeness (QED) is 0.328. The summed E-state index contributed by atoms with van der Waals surface area (Å²) in [6.45, 7) is 6.17. The van der Waals surface area contributed by atoms with Crippen molar-refractivity contribution in [1.82, 2.24) is 0 Å². The fourth-order valence-corrected chi connectivity index (χ4v) is 0. The van der Waals surface area contributed by atoms with Crippen LogP contribution in [0.1, 0.15) is 1.43 Å². The van der Waals surface area contributed by atoms with E-state index in [0.717, 1.165) is 12.2 Å². The zero-order valence-corrected chi connectivity index (χ0v) is 8.54. The van der Waals surface area contributed by atoms with Crippen LogP contribution in [0.4, 0.5) is 0 Å². The molecule has 58 valence electrons. The van der Waals surface area contributed by atoms with Gasteiger partial charge in [-0.3, -0.25) is 9.59 Å². The number of carbonyl (C=O) groups excluding carboxylic acids is 2. The molecule has 0 heterocycles. The summed E-state index contributed by atoms with van der Waals surface area (Å²) in [5.41, 5.74) is 9.07. The van der Waals surface area contributed by atoms with Crippen LogP contribution in [0.15, 0.2) is 25.3 Å². The number of hydrogen-bond donors (Lipinski definition) is 2. The minimum Gasteiger partial charge on any atom is -1.00 e. The van der Waals surface area contributed by atoms with E-state index in [-0.39, 0.29) is 31.0 Å². The Morgan fingerprint density at radius 2 is 1.18 bits per heavy atom. The van der Waals surface area contributed by atoms with Crippen molar-refractivity contribution < 1.29 is 40.6 Å². The first-order valence-corrected chi connectivity index (χ1v) is 2.38. The van der Waals surface area contributed by atoms with Gasteiger partial charge >= 0.3 is 29.6 Å². The van der Waals surface area contributed by atoms with Crippen molar-refractivity contribution in [3.05, 3.63) is 25.3 Å². The van der Waals surface area contributed by atoms with Crippen molar-refractivity contribution in [3.8, 4) is 0 Å². The standard InChI is InChI=1S/2C3H5NO.Na.H/c2*1-2-3(4)5;;/h2*2H,1H2,(H2,4,5);;/q;;+1;-1. The van der Waals surface area contributed by atoms with E-state index in [1.165, 1.54) is 0 Å². The Bertz CT molecular complexity index is 144. The maximum atomic E-state index is 9.47. The van der Waals surface area contributed by atoms with Crippen LogP contribution in [0, 0.1) is 0 Å². The molecule has 2 amide bonds. The van der Waals surface area contributed by atoms with Crippen molar-refractivity contribution in [2.75, 3.05) is 0 Å². The number of primary amides is 2. The first kappa shape index (κ1) is 16.8. The molecule has 5 heteroatoms. The molecule has 4 nitrogen and oxygen atoms in total. The molecule has 0 unspecified atom stereocenters. The normalized spacial score (nSPS) is 5.82. The smallest absolute Gasteiger partial charge is 1.00 e. The average molecular weight is 166 g/mol. The first-order valence-electron chi connectivity index (χ1n) is 2.38. The third kappa shape index (κ3) is 44.3. The Morgan fingerprint density at radius 3 is 1.18 bits per heavy atom. The molecule has 0 fully saturated rings. The fraction of sp³-hybridized carbons (Fsp3) is 0. The topological polar surface area (TPSA) is 86.2 Å². The number of amides is 2. The second kappa shape index (κ2) is 12.1. The summed E-state index contributed by atoms with van der Waals surface area (Å²) < 4.78 is 0. The summed E-state index contributed by atoms with van der Waals surface area (Å²) in [7, 11) is 0. The fourth-order valence-electron chi connectivity index (χ4n) is 0. The predicted octanol–water partition coefficient (Wildman–Crippen LogP) is -3.57. The molecule has 0 aromatic rings. The average Bonchev–Trinajstić information content (AvgIpc) is 1.89. The van der Waals surface area contributed by atoms with E-state index in [1.807, 2.05) is 0 Å². The molecule has 0 aliphatic heterocycles. The largest absolute Gasteiger partial charge is 1.00 e. The molecule has 0 saturated heterocycles. The molecule has 0 spiro atoms. The summed E-state index contributed by atoms with van der Waals surface area (Å²) in [5.74, 6) is -0.963. The van der Waals surface area contributed by atoms with E-state index in [1.54, 1.807) is 0 Å². The summed E-state index contributed by atoms with van der Waals surface area (Å²) in [6.07, 6.45) is 2.11. The molecule has 11 heavy (non-hydrogen) atoms. The zero-order chi connectivity index (χ0) is 8.57. The molecule has 0 aliphatic rings. The van der Waals surface area contributed by atoms with Crippen LogP contribution in [0.25, 0.3) is 0 Å². The molecular weight excluding hydrogens is 155 g/mol. The molecule has 0 aromatic heterocycles. The Labute approximate surface area is 89.1 Å². The van der Waals surface area contributed by atoms with Gasteiger partial charge in [0.05, 0.1) is 0 Å². The molecule has 0 aliphatic carbocycles. The van der Waals surface area contributed by atoms with Crippen LogP contribution in [0.2, 0.25) is 0 Å². The van der Waals surface area contributed by atoms with Crippen molar-refractivity contribution in [2.24, 2.45) is 11.5 Å². The minimum atomic E-state index is -0.481. The van der Waals surface area contributed by atoms with Crippen LogP contribution < -0.4 is 41.0 Å². The van der Waals surface area contributed by atoms with Crippen molar-refractivity contribution >= 4 is 11.8 Å². The van der Waals surface area contributed by atoms with Crippen LogP contribution in [0.5, 0.6) is 0 Å². The number of nitrogens with two attached hydrogens (primary N) is 2. The molecule has 0 aromatic carbocycles. The second-order valence-electron chi connectivity index (χ2n) is 1.21. The van der Waals surface area contributed by atoms with Gasteiger partial charge in [0.15, 0.2) is 0 Å². The Kier molecular flexibility index (Phi) is 18.5. The maximum absolute atomic E-state index is 9.47. The van der Waals surface area contributed by atoms with Gasteiger partial charge in [-0.1, -0.05) is 13.2 Å². The summed E-state index contributed by atoms with van der Waals surface area (Å²) >= 11 is 0. The minimum absolute atomic E-state index is 0. The van der Waals surface area contributed by atoms with Gasteiger partial charge in [-0.2, -0.15) is 0 Å². The van der Waals surface area contributed by atoms with E-state index in [0.29, 0.717) is 0 Å². The van der Waals surface area contributed by atoms with Gasteiger partial charge in [-0.25, -0.2) is 0 Å². The second-order valence-corrected chi connectivity index (χ2v) is 1.21. The van der Waals surface area contributed by atoms with Crippen LogP contribution >= 0.6 is 0 Å². The Hall–Kier alpha value is -0.580. The predicted molar refractivity (Wildman–Crippen MR) is 39.9 cm³/mol. The number of hydrogen-bond acceptors (Lipinski definition) is 2. The third-order valence-electron chi connectivity index (χ3n) is 0.402. The van der Waals surface area contributed by atoms with E-state index >= 15 is 0 Å². The SMILES string of the molecule is C=CC(N)=O.C=CC(N)=O.[H-].[Na+]. The molecule has 0 saturated carbocycles. The molecular formula is C6H11N2NaO2. The number of carbonyl (C=O) groups is 2.